The molecule has 0 spiro atoms. The van der Waals surface area contributed by atoms with Gasteiger partial charge in [-0.25, -0.2) is 3.97 Å². The van der Waals surface area contributed by atoms with Gasteiger partial charge in [0.1, 0.15) is 11.4 Å². The van der Waals surface area contributed by atoms with Gasteiger partial charge in [-0.1, -0.05) is 48.5 Å². The maximum Gasteiger partial charge on any atom is 0.307 e. The number of hydrogen-bond donors (Lipinski definition) is 1. The molecule has 0 unspecified atom stereocenters. The third kappa shape index (κ3) is 4.80. The molecule has 0 atom stereocenters. The Kier molecular flexibility index (Phi) is 6.98. The summed E-state index contributed by atoms with van der Waals surface area (Å²) in [6.45, 7) is 0.455. The molecule has 3 aromatic carbocycles. The van der Waals surface area contributed by atoms with Gasteiger partial charge in [-0.2, -0.15) is 12.7 Å². The van der Waals surface area contributed by atoms with Crippen LogP contribution in [0, 0.1) is 0 Å². The number of anilines is 1. The predicted molar refractivity (Wildman–Crippen MR) is 151 cm³/mol. The van der Waals surface area contributed by atoms with Crippen molar-refractivity contribution in [3.05, 3.63) is 101 Å². The van der Waals surface area contributed by atoms with Crippen LogP contribution >= 0.6 is 0 Å². The lowest BCUT2D eigenvalue weighted by molar-refractivity contribution is -0.115. The Hall–Kier alpha value is -4.41. The van der Waals surface area contributed by atoms with Gasteiger partial charge in [0.25, 0.3) is 11.8 Å². The Bertz CT molecular complexity index is 1720. The molecule has 2 amide bonds. The molecule has 0 radical (unpaired) electrons. The summed E-state index contributed by atoms with van der Waals surface area (Å²) in [6.07, 6.45) is 3.68. The van der Waals surface area contributed by atoms with Crippen LogP contribution in [0.2, 0.25) is 0 Å². The average molecular weight is 545 g/mol. The van der Waals surface area contributed by atoms with Gasteiger partial charge >= 0.3 is 10.2 Å². The molecule has 9 nitrogen and oxygen atoms in total. The van der Waals surface area contributed by atoms with E-state index >= 15 is 0 Å². The zero-order valence-electron chi connectivity index (χ0n) is 21.8. The smallest absolute Gasteiger partial charge is 0.307 e. The number of carbonyl (C=O) groups is 2. The average Bonchev–Trinajstić information content (AvgIpc) is 3.54. The fourth-order valence-corrected chi connectivity index (χ4v) is 5.69. The third-order valence-electron chi connectivity index (χ3n) is 6.68. The highest BCUT2D eigenvalue weighted by Gasteiger charge is 2.29. The Morgan fingerprint density at radius 1 is 0.974 bits per heavy atom. The first-order chi connectivity index (χ1) is 18.7. The van der Waals surface area contributed by atoms with Crippen LogP contribution in [0.1, 0.15) is 21.5 Å². The van der Waals surface area contributed by atoms with Crippen molar-refractivity contribution < 1.29 is 22.7 Å². The minimum Gasteiger partial charge on any atom is -0.496 e. The Labute approximate surface area is 227 Å². The van der Waals surface area contributed by atoms with E-state index in [0.29, 0.717) is 35.2 Å². The third-order valence-corrected chi connectivity index (χ3v) is 8.40. The van der Waals surface area contributed by atoms with E-state index in [0.717, 1.165) is 15.6 Å². The number of benzene rings is 3. The van der Waals surface area contributed by atoms with Crippen LogP contribution in [0.25, 0.3) is 17.0 Å². The maximum atomic E-state index is 14.0. The first-order valence-electron chi connectivity index (χ1n) is 12.3. The van der Waals surface area contributed by atoms with Crippen LogP contribution < -0.4 is 15.0 Å². The van der Waals surface area contributed by atoms with Gasteiger partial charge in [0.15, 0.2) is 0 Å². The Morgan fingerprint density at radius 3 is 2.44 bits per heavy atom. The summed E-state index contributed by atoms with van der Waals surface area (Å²) in [5, 5.41) is 3.39. The molecule has 0 aliphatic carbocycles. The highest BCUT2D eigenvalue weighted by atomic mass is 32.2. The quantitative estimate of drug-likeness (QED) is 0.358. The van der Waals surface area contributed by atoms with E-state index < -0.39 is 22.0 Å². The van der Waals surface area contributed by atoms with Crippen LogP contribution in [0.15, 0.2) is 84.7 Å². The van der Waals surface area contributed by atoms with Crippen LogP contribution in [0.5, 0.6) is 5.75 Å². The van der Waals surface area contributed by atoms with E-state index in [9.17, 15) is 18.0 Å². The summed E-state index contributed by atoms with van der Waals surface area (Å²) < 4.78 is 33.8. The van der Waals surface area contributed by atoms with E-state index in [2.05, 4.69) is 5.32 Å². The highest BCUT2D eigenvalue weighted by molar-refractivity contribution is 7.87. The summed E-state index contributed by atoms with van der Waals surface area (Å²) in [5.74, 6) is -0.568. The standard InChI is InChI=1S/C29H28N4O5S/c1-31(2)39(36,37)33-19-21(22-11-5-8-14-26(22)33)18-24(30-28(34)23-12-6-9-15-27(23)38-3)29(35)32-17-16-20-10-4-7-13-25(20)32/h4-15,18-19H,16-17H2,1-3H3,(H,30,34). The van der Waals surface area contributed by atoms with E-state index in [4.69, 9.17) is 4.74 Å². The van der Waals surface area contributed by atoms with Gasteiger partial charge in [0, 0.05) is 43.5 Å². The number of aromatic nitrogens is 1. The van der Waals surface area contributed by atoms with Gasteiger partial charge in [0.2, 0.25) is 0 Å². The van der Waals surface area contributed by atoms with Gasteiger partial charge in [-0.05, 0) is 42.3 Å². The zero-order chi connectivity index (χ0) is 27.7. The van der Waals surface area contributed by atoms with Crippen LogP contribution in [0.4, 0.5) is 5.69 Å². The molecule has 200 valence electrons. The summed E-state index contributed by atoms with van der Waals surface area (Å²) in [5.41, 5.74) is 3.00. The second kappa shape index (κ2) is 10.4. The summed E-state index contributed by atoms with van der Waals surface area (Å²) in [7, 11) is 0.522. The van der Waals surface area contributed by atoms with Crippen molar-refractivity contribution in [1.82, 2.24) is 13.6 Å². The molecule has 0 bridgehead atoms. The van der Waals surface area contributed by atoms with Crippen molar-refractivity contribution in [2.75, 3.05) is 32.6 Å². The van der Waals surface area contributed by atoms with E-state index in [1.54, 1.807) is 53.4 Å². The monoisotopic (exact) mass is 544 g/mol. The Balaban J connectivity index is 1.64. The molecule has 0 saturated heterocycles. The largest absolute Gasteiger partial charge is 0.496 e. The molecule has 1 aliphatic rings. The van der Waals surface area contributed by atoms with Gasteiger partial charge in [-0.15, -0.1) is 0 Å². The summed E-state index contributed by atoms with van der Waals surface area (Å²) in [4.78, 5) is 29.0. The SMILES string of the molecule is COc1ccccc1C(=O)NC(=Cc1cn(S(=O)(=O)N(C)C)c2ccccc12)C(=O)N1CCc2ccccc21. The number of nitrogens with zero attached hydrogens (tertiary/aromatic N) is 3. The molecule has 1 aliphatic heterocycles. The van der Waals surface area contributed by atoms with E-state index in [1.807, 2.05) is 24.3 Å². The van der Waals surface area contributed by atoms with Gasteiger partial charge in [-0.3, -0.25) is 9.59 Å². The van der Waals surface area contributed by atoms with Crippen molar-refractivity contribution >= 4 is 44.7 Å². The van der Waals surface area contributed by atoms with Gasteiger partial charge in [0.05, 0.1) is 18.2 Å². The molecule has 1 aromatic heterocycles. The molecule has 0 fully saturated rings. The lowest BCUT2D eigenvalue weighted by Gasteiger charge is -2.20. The molecule has 0 saturated carbocycles. The lowest BCUT2D eigenvalue weighted by atomic mass is 10.1. The zero-order valence-corrected chi connectivity index (χ0v) is 22.6. The van der Waals surface area contributed by atoms with Crippen molar-refractivity contribution in [1.29, 1.82) is 0 Å². The number of fused-ring (bicyclic) bond motifs is 2. The second-order valence-corrected chi connectivity index (χ2v) is 11.3. The second-order valence-electron chi connectivity index (χ2n) is 9.24. The summed E-state index contributed by atoms with van der Waals surface area (Å²) in [6, 6.07) is 21.4. The lowest BCUT2D eigenvalue weighted by Crippen LogP contribution is -2.37. The molecule has 5 rings (SSSR count). The number of amides is 2. The molecule has 39 heavy (non-hydrogen) atoms. The number of rotatable bonds is 7. The molecule has 1 N–H and O–H groups in total. The maximum absolute atomic E-state index is 14.0. The summed E-state index contributed by atoms with van der Waals surface area (Å²) >= 11 is 0. The molecule has 2 heterocycles. The van der Waals surface area contributed by atoms with E-state index in [-0.39, 0.29) is 11.3 Å². The van der Waals surface area contributed by atoms with Gasteiger partial charge < -0.3 is 15.0 Å². The van der Waals surface area contributed by atoms with Crippen LogP contribution in [-0.4, -0.2) is 56.3 Å². The van der Waals surface area contributed by atoms with Crippen molar-refractivity contribution in [3.63, 3.8) is 0 Å². The fraction of sp³-hybridized carbons (Fsp3) is 0.172. The normalized spacial score (nSPS) is 13.5. The van der Waals surface area contributed by atoms with Crippen molar-refractivity contribution in [2.45, 2.75) is 6.42 Å². The predicted octanol–water partition coefficient (Wildman–Crippen LogP) is 3.66. The first-order valence-corrected chi connectivity index (χ1v) is 13.7. The molecular formula is C29H28N4O5S. The van der Waals surface area contributed by atoms with Crippen molar-refractivity contribution in [3.8, 4) is 5.75 Å². The number of methoxy groups -OCH3 is 1. The van der Waals surface area contributed by atoms with Crippen LogP contribution in [-0.2, 0) is 21.4 Å². The topological polar surface area (TPSA) is 101 Å². The number of ether oxygens (including phenoxy) is 1. The Morgan fingerprint density at radius 2 is 1.67 bits per heavy atom. The number of hydrogen-bond acceptors (Lipinski definition) is 5. The fourth-order valence-electron chi connectivity index (χ4n) is 4.68. The number of carbonyl (C=O) groups excluding carboxylic acids is 2. The molecule has 10 heteroatoms. The molecular weight excluding hydrogens is 516 g/mol. The number of para-hydroxylation sites is 3. The highest BCUT2D eigenvalue weighted by Crippen LogP contribution is 2.30. The number of nitrogens with one attached hydrogen (secondary N) is 1. The minimum absolute atomic E-state index is 0.00719. The van der Waals surface area contributed by atoms with Crippen LogP contribution in [0.3, 0.4) is 0 Å². The molecule has 4 aromatic rings. The first kappa shape index (κ1) is 26.2. The van der Waals surface area contributed by atoms with Crippen molar-refractivity contribution in [2.24, 2.45) is 0 Å². The minimum atomic E-state index is -3.85. The van der Waals surface area contributed by atoms with E-state index in [1.165, 1.54) is 37.5 Å².